The van der Waals surface area contributed by atoms with Gasteiger partial charge in [-0.2, -0.15) is 5.10 Å². The van der Waals surface area contributed by atoms with Gasteiger partial charge in [-0.25, -0.2) is 15.4 Å². The quantitative estimate of drug-likeness (QED) is 0.628. The summed E-state index contributed by atoms with van der Waals surface area (Å²) in [4.78, 5) is 8.95. The predicted molar refractivity (Wildman–Crippen MR) is 97.2 cm³/mol. The zero-order chi connectivity index (χ0) is 16.8. The van der Waals surface area contributed by atoms with Crippen molar-refractivity contribution < 1.29 is 0 Å². The molecule has 0 radical (unpaired) electrons. The molecule has 0 aliphatic carbocycles. The van der Waals surface area contributed by atoms with E-state index in [1.165, 1.54) is 5.56 Å². The van der Waals surface area contributed by atoms with Gasteiger partial charge in [-0.05, 0) is 42.9 Å². The molecule has 2 rings (SSSR count). The van der Waals surface area contributed by atoms with Crippen molar-refractivity contribution in [1.82, 2.24) is 9.97 Å². The van der Waals surface area contributed by atoms with E-state index in [1.807, 2.05) is 13.0 Å². The molecule has 0 unspecified atom stereocenters. The van der Waals surface area contributed by atoms with Crippen molar-refractivity contribution in [3.63, 3.8) is 0 Å². The van der Waals surface area contributed by atoms with Gasteiger partial charge in [0.05, 0.1) is 5.71 Å². The van der Waals surface area contributed by atoms with E-state index in [-0.39, 0.29) is 0 Å². The van der Waals surface area contributed by atoms with Crippen LogP contribution in [-0.4, -0.2) is 15.7 Å². The molecule has 0 bridgehead atoms. The molecular weight excluding hydrogens is 284 g/mol. The van der Waals surface area contributed by atoms with Crippen molar-refractivity contribution >= 4 is 11.7 Å². The predicted octanol–water partition coefficient (Wildman–Crippen LogP) is 4.56. The number of nitrogens with one attached hydrogen (secondary N) is 1. The molecule has 0 saturated carbocycles. The third kappa shape index (κ3) is 4.62. The number of anilines is 1. The average molecular weight is 310 g/mol. The average Bonchev–Trinajstić information content (AvgIpc) is 2.59. The molecular formula is C19H26N4. The highest BCUT2D eigenvalue weighted by Gasteiger charge is 2.04. The summed E-state index contributed by atoms with van der Waals surface area (Å²) in [5, 5.41) is 4.43. The van der Waals surface area contributed by atoms with Crippen molar-refractivity contribution in [3.8, 4) is 0 Å². The Labute approximate surface area is 139 Å². The summed E-state index contributed by atoms with van der Waals surface area (Å²) in [5.74, 6) is 1.11. The number of rotatable bonds is 6. The molecule has 0 atom stereocenters. The Kier molecular flexibility index (Phi) is 5.85. The molecule has 2 aromatic rings. The first kappa shape index (κ1) is 17.1. The molecule has 1 aromatic heterocycles. The van der Waals surface area contributed by atoms with Gasteiger partial charge in [-0.3, -0.25) is 0 Å². The van der Waals surface area contributed by atoms with E-state index in [1.54, 1.807) is 0 Å². The number of nitrogens with zero attached hydrogens (tertiary/aromatic N) is 3. The number of aryl methyl sites for hydroxylation is 2. The first-order chi connectivity index (χ1) is 11.0. The van der Waals surface area contributed by atoms with Crippen molar-refractivity contribution in [1.29, 1.82) is 0 Å². The van der Waals surface area contributed by atoms with E-state index in [0.717, 1.165) is 35.5 Å². The monoisotopic (exact) mass is 310 g/mol. The minimum atomic E-state index is 0.539. The van der Waals surface area contributed by atoms with Crippen molar-refractivity contribution in [2.75, 3.05) is 5.43 Å². The normalized spacial score (nSPS) is 11.8. The fourth-order valence-electron chi connectivity index (χ4n) is 2.27. The summed E-state index contributed by atoms with van der Waals surface area (Å²) < 4.78 is 0. The van der Waals surface area contributed by atoms with Crippen LogP contribution in [0.1, 0.15) is 63.1 Å². The standard InChI is InChI=1S/C19H26N4/c1-6-17-12-18(7-2)21-19(20-17)23-22-14(5)16-10-8-15(9-11-16)13(3)4/h8-13H,6-7H2,1-5H3,(H,20,21,23). The largest absolute Gasteiger partial charge is 0.245 e. The molecule has 23 heavy (non-hydrogen) atoms. The first-order valence-corrected chi connectivity index (χ1v) is 8.31. The molecule has 1 heterocycles. The number of benzene rings is 1. The molecule has 1 aromatic carbocycles. The molecule has 0 spiro atoms. The van der Waals surface area contributed by atoms with E-state index in [0.29, 0.717) is 11.9 Å². The Bertz CT molecular complexity index is 650. The minimum absolute atomic E-state index is 0.539. The van der Waals surface area contributed by atoms with Gasteiger partial charge in [0.15, 0.2) is 0 Å². The highest BCUT2D eigenvalue weighted by Crippen LogP contribution is 2.15. The van der Waals surface area contributed by atoms with Crippen LogP contribution in [0.3, 0.4) is 0 Å². The van der Waals surface area contributed by atoms with E-state index in [4.69, 9.17) is 0 Å². The Hall–Kier alpha value is -2.23. The maximum Gasteiger partial charge on any atom is 0.243 e. The van der Waals surface area contributed by atoms with Crippen LogP contribution in [0.5, 0.6) is 0 Å². The summed E-state index contributed by atoms with van der Waals surface area (Å²) in [6.07, 6.45) is 1.78. The van der Waals surface area contributed by atoms with Crippen LogP contribution < -0.4 is 5.43 Å². The van der Waals surface area contributed by atoms with E-state index in [9.17, 15) is 0 Å². The Morgan fingerprint density at radius 1 is 1.04 bits per heavy atom. The molecule has 1 N–H and O–H groups in total. The summed E-state index contributed by atoms with van der Waals surface area (Å²) in [6, 6.07) is 10.6. The van der Waals surface area contributed by atoms with Crippen LogP contribution in [0.2, 0.25) is 0 Å². The van der Waals surface area contributed by atoms with Crippen molar-refractivity contribution in [3.05, 3.63) is 52.8 Å². The Morgan fingerprint density at radius 3 is 2.09 bits per heavy atom. The molecule has 4 heteroatoms. The lowest BCUT2D eigenvalue weighted by molar-refractivity contribution is 0.866. The summed E-state index contributed by atoms with van der Waals surface area (Å²) in [7, 11) is 0. The maximum atomic E-state index is 4.47. The molecule has 0 saturated heterocycles. The van der Waals surface area contributed by atoms with Crippen molar-refractivity contribution in [2.45, 2.75) is 53.4 Å². The van der Waals surface area contributed by atoms with Gasteiger partial charge in [0.25, 0.3) is 0 Å². The molecule has 0 fully saturated rings. The third-order valence-corrected chi connectivity index (χ3v) is 3.88. The zero-order valence-corrected chi connectivity index (χ0v) is 14.7. The minimum Gasteiger partial charge on any atom is -0.245 e. The summed E-state index contributed by atoms with van der Waals surface area (Å²) >= 11 is 0. The number of hydrazone groups is 1. The van der Waals surface area contributed by atoms with Gasteiger partial charge >= 0.3 is 0 Å². The molecule has 0 aliphatic heterocycles. The zero-order valence-electron chi connectivity index (χ0n) is 14.7. The van der Waals surface area contributed by atoms with E-state index < -0.39 is 0 Å². The smallest absolute Gasteiger partial charge is 0.243 e. The van der Waals surface area contributed by atoms with Gasteiger partial charge in [0, 0.05) is 11.4 Å². The Balaban J connectivity index is 2.15. The van der Waals surface area contributed by atoms with Gasteiger partial charge < -0.3 is 0 Å². The lowest BCUT2D eigenvalue weighted by atomic mass is 10.0. The fraction of sp³-hybridized carbons (Fsp3) is 0.421. The lowest BCUT2D eigenvalue weighted by Gasteiger charge is -2.08. The van der Waals surface area contributed by atoms with Crippen LogP contribution in [0.15, 0.2) is 35.4 Å². The van der Waals surface area contributed by atoms with Crippen LogP contribution in [0.25, 0.3) is 0 Å². The van der Waals surface area contributed by atoms with Gasteiger partial charge in [0.2, 0.25) is 5.95 Å². The second-order valence-corrected chi connectivity index (χ2v) is 5.97. The second-order valence-electron chi connectivity index (χ2n) is 5.97. The number of hydrogen-bond donors (Lipinski definition) is 1. The van der Waals surface area contributed by atoms with Crippen LogP contribution in [-0.2, 0) is 12.8 Å². The summed E-state index contributed by atoms with van der Waals surface area (Å²) in [6.45, 7) is 10.6. The van der Waals surface area contributed by atoms with Gasteiger partial charge in [-0.1, -0.05) is 52.0 Å². The molecule has 0 amide bonds. The number of aromatic nitrogens is 2. The summed E-state index contributed by atoms with van der Waals surface area (Å²) in [5.41, 5.74) is 8.42. The highest BCUT2D eigenvalue weighted by molar-refractivity contribution is 5.99. The lowest BCUT2D eigenvalue weighted by Crippen LogP contribution is -2.05. The first-order valence-electron chi connectivity index (χ1n) is 8.31. The number of hydrogen-bond acceptors (Lipinski definition) is 4. The third-order valence-electron chi connectivity index (χ3n) is 3.88. The molecule has 122 valence electrons. The van der Waals surface area contributed by atoms with Crippen LogP contribution >= 0.6 is 0 Å². The highest BCUT2D eigenvalue weighted by atomic mass is 15.4. The van der Waals surface area contributed by atoms with Crippen LogP contribution in [0.4, 0.5) is 5.95 Å². The fourth-order valence-corrected chi connectivity index (χ4v) is 2.27. The van der Waals surface area contributed by atoms with E-state index >= 15 is 0 Å². The van der Waals surface area contributed by atoms with Crippen LogP contribution in [0, 0.1) is 0 Å². The second kappa shape index (κ2) is 7.86. The topological polar surface area (TPSA) is 50.2 Å². The van der Waals surface area contributed by atoms with Gasteiger partial charge in [-0.15, -0.1) is 0 Å². The molecule has 0 aliphatic rings. The SMILES string of the molecule is CCc1cc(CC)nc(NN=C(C)c2ccc(C(C)C)cc2)n1. The Morgan fingerprint density at radius 2 is 1.61 bits per heavy atom. The van der Waals surface area contributed by atoms with E-state index in [2.05, 4.69) is 72.5 Å². The molecule has 4 nitrogen and oxygen atoms in total. The van der Waals surface area contributed by atoms with Gasteiger partial charge in [0.1, 0.15) is 0 Å². The van der Waals surface area contributed by atoms with Crippen molar-refractivity contribution in [2.24, 2.45) is 5.10 Å². The maximum absolute atomic E-state index is 4.47.